The van der Waals surface area contributed by atoms with Gasteiger partial charge in [0, 0.05) is 17.3 Å². The van der Waals surface area contributed by atoms with E-state index in [9.17, 15) is 0 Å². The average molecular weight is 204 g/mol. The van der Waals surface area contributed by atoms with Gasteiger partial charge in [-0.05, 0) is 52.7 Å². The average Bonchev–Trinajstić information content (AvgIpc) is 2.37. The zero-order valence-corrected chi connectivity index (χ0v) is 10.1. The van der Waals surface area contributed by atoms with Crippen molar-refractivity contribution in [2.45, 2.75) is 51.6 Å². The first-order chi connectivity index (χ1) is 6.93. The third-order valence-corrected chi connectivity index (χ3v) is 3.44. The molecule has 0 spiro atoms. The monoisotopic (exact) mass is 204 g/mol. The molecule has 2 heteroatoms. The van der Waals surface area contributed by atoms with Gasteiger partial charge in [0.1, 0.15) is 5.82 Å². The summed E-state index contributed by atoms with van der Waals surface area (Å²) in [6.45, 7) is 9.21. The van der Waals surface area contributed by atoms with Crippen molar-refractivity contribution in [3.63, 3.8) is 0 Å². The Bertz CT molecular complexity index is 325. The summed E-state index contributed by atoms with van der Waals surface area (Å²) in [5.41, 5.74) is 0.440. The van der Waals surface area contributed by atoms with Gasteiger partial charge in [0.15, 0.2) is 0 Å². The van der Waals surface area contributed by atoms with Crippen LogP contribution in [0, 0.1) is 0 Å². The van der Waals surface area contributed by atoms with Gasteiger partial charge in [0.2, 0.25) is 0 Å². The molecule has 1 saturated heterocycles. The summed E-state index contributed by atoms with van der Waals surface area (Å²) in [6, 6.07) is 6.14. The second-order valence-corrected chi connectivity index (χ2v) is 5.65. The molecule has 0 N–H and O–H groups in total. The highest BCUT2D eigenvalue weighted by Gasteiger charge is 2.44. The number of nitrogens with zero attached hydrogens (tertiary/aromatic N) is 2. The molecule has 82 valence electrons. The lowest BCUT2D eigenvalue weighted by molar-refractivity contribution is 0.448. The number of pyridine rings is 1. The summed E-state index contributed by atoms with van der Waals surface area (Å²) in [7, 11) is 0. The molecule has 15 heavy (non-hydrogen) atoms. The van der Waals surface area contributed by atoms with Crippen LogP contribution >= 0.6 is 0 Å². The SMILES string of the molecule is CC1(C)CCC(C)(C)N1c1ccccn1. The smallest absolute Gasteiger partial charge is 0.129 e. The van der Waals surface area contributed by atoms with E-state index in [4.69, 9.17) is 0 Å². The van der Waals surface area contributed by atoms with Gasteiger partial charge in [-0.1, -0.05) is 6.07 Å². The molecular formula is C13H20N2. The fourth-order valence-electron chi connectivity index (χ4n) is 2.76. The van der Waals surface area contributed by atoms with Gasteiger partial charge in [0.25, 0.3) is 0 Å². The number of anilines is 1. The first-order valence-electron chi connectivity index (χ1n) is 5.65. The summed E-state index contributed by atoms with van der Waals surface area (Å²) >= 11 is 0. The van der Waals surface area contributed by atoms with Gasteiger partial charge in [-0.15, -0.1) is 0 Å². The van der Waals surface area contributed by atoms with Crippen molar-refractivity contribution in [1.29, 1.82) is 0 Å². The Morgan fingerprint density at radius 3 is 2.13 bits per heavy atom. The zero-order valence-electron chi connectivity index (χ0n) is 10.1. The van der Waals surface area contributed by atoms with E-state index in [1.807, 2.05) is 12.3 Å². The predicted molar refractivity (Wildman–Crippen MR) is 64.1 cm³/mol. The maximum atomic E-state index is 4.48. The summed E-state index contributed by atoms with van der Waals surface area (Å²) in [5, 5.41) is 0. The van der Waals surface area contributed by atoms with Crippen molar-refractivity contribution in [3.05, 3.63) is 24.4 Å². The first kappa shape index (κ1) is 10.5. The van der Waals surface area contributed by atoms with E-state index in [0.29, 0.717) is 0 Å². The quantitative estimate of drug-likeness (QED) is 0.698. The standard InChI is InChI=1S/C13H20N2/c1-12(2)8-9-13(3,4)15(12)11-7-5-6-10-14-11/h5-7,10H,8-9H2,1-4H3. The van der Waals surface area contributed by atoms with Crippen molar-refractivity contribution in [1.82, 2.24) is 4.98 Å². The van der Waals surface area contributed by atoms with Crippen LogP contribution in [0.2, 0.25) is 0 Å². The second-order valence-electron chi connectivity index (χ2n) is 5.65. The van der Waals surface area contributed by atoms with Crippen LogP contribution in [0.3, 0.4) is 0 Å². The van der Waals surface area contributed by atoms with Crippen LogP contribution < -0.4 is 4.90 Å². The first-order valence-corrected chi connectivity index (χ1v) is 5.65. The Hall–Kier alpha value is -1.05. The van der Waals surface area contributed by atoms with Crippen LogP contribution in [0.25, 0.3) is 0 Å². The summed E-state index contributed by atoms with van der Waals surface area (Å²) in [5.74, 6) is 1.10. The predicted octanol–water partition coefficient (Wildman–Crippen LogP) is 3.24. The fraction of sp³-hybridized carbons (Fsp3) is 0.615. The van der Waals surface area contributed by atoms with E-state index in [1.54, 1.807) is 0 Å². The molecule has 1 aromatic heterocycles. The summed E-state index contributed by atoms with van der Waals surface area (Å²) in [6.07, 6.45) is 4.34. The van der Waals surface area contributed by atoms with E-state index in [1.165, 1.54) is 12.8 Å². The van der Waals surface area contributed by atoms with Gasteiger partial charge in [-0.25, -0.2) is 4.98 Å². The third-order valence-electron chi connectivity index (χ3n) is 3.44. The Labute approximate surface area is 92.3 Å². The number of rotatable bonds is 1. The topological polar surface area (TPSA) is 16.1 Å². The molecule has 0 radical (unpaired) electrons. The number of hydrogen-bond acceptors (Lipinski definition) is 2. The minimum absolute atomic E-state index is 0.220. The van der Waals surface area contributed by atoms with Gasteiger partial charge < -0.3 is 4.90 Å². The Kier molecular flexibility index (Phi) is 2.25. The Morgan fingerprint density at radius 2 is 1.67 bits per heavy atom. The molecule has 0 unspecified atom stereocenters. The molecule has 0 bridgehead atoms. The molecule has 2 heterocycles. The van der Waals surface area contributed by atoms with Crippen molar-refractivity contribution in [2.24, 2.45) is 0 Å². The van der Waals surface area contributed by atoms with Crippen molar-refractivity contribution in [3.8, 4) is 0 Å². The maximum absolute atomic E-state index is 4.48. The molecule has 1 aliphatic rings. The van der Waals surface area contributed by atoms with Gasteiger partial charge >= 0.3 is 0 Å². The molecule has 2 rings (SSSR count). The Morgan fingerprint density at radius 1 is 1.07 bits per heavy atom. The van der Waals surface area contributed by atoms with Crippen LogP contribution in [0.1, 0.15) is 40.5 Å². The summed E-state index contributed by atoms with van der Waals surface area (Å²) in [4.78, 5) is 6.94. The fourth-order valence-corrected chi connectivity index (χ4v) is 2.76. The minimum Gasteiger partial charge on any atom is -0.346 e. The summed E-state index contributed by atoms with van der Waals surface area (Å²) < 4.78 is 0. The van der Waals surface area contributed by atoms with Gasteiger partial charge in [0.05, 0.1) is 0 Å². The number of aromatic nitrogens is 1. The van der Waals surface area contributed by atoms with E-state index in [-0.39, 0.29) is 11.1 Å². The largest absolute Gasteiger partial charge is 0.346 e. The molecule has 0 saturated carbocycles. The Balaban J connectivity index is 2.42. The highest BCUT2D eigenvalue weighted by molar-refractivity contribution is 5.46. The third kappa shape index (κ3) is 1.73. The van der Waals surface area contributed by atoms with Crippen LogP contribution in [-0.2, 0) is 0 Å². The highest BCUT2D eigenvalue weighted by Crippen LogP contribution is 2.42. The van der Waals surface area contributed by atoms with E-state index in [2.05, 4.69) is 49.7 Å². The van der Waals surface area contributed by atoms with Crippen molar-refractivity contribution in [2.75, 3.05) is 4.90 Å². The highest BCUT2D eigenvalue weighted by atomic mass is 15.3. The minimum atomic E-state index is 0.220. The molecule has 0 aromatic carbocycles. The zero-order chi connectivity index (χ0) is 11.1. The van der Waals surface area contributed by atoms with Crippen LogP contribution in [0.4, 0.5) is 5.82 Å². The maximum Gasteiger partial charge on any atom is 0.129 e. The lowest BCUT2D eigenvalue weighted by Crippen LogP contribution is -2.48. The molecule has 1 aromatic rings. The molecule has 0 atom stereocenters. The number of hydrogen-bond donors (Lipinski definition) is 0. The second kappa shape index (κ2) is 3.22. The van der Waals surface area contributed by atoms with Crippen molar-refractivity contribution >= 4 is 5.82 Å². The van der Waals surface area contributed by atoms with Crippen LogP contribution in [0.15, 0.2) is 24.4 Å². The van der Waals surface area contributed by atoms with Gasteiger partial charge in [-0.3, -0.25) is 0 Å². The molecule has 1 aliphatic heterocycles. The van der Waals surface area contributed by atoms with Gasteiger partial charge in [-0.2, -0.15) is 0 Å². The van der Waals surface area contributed by atoms with E-state index in [0.717, 1.165) is 5.82 Å². The van der Waals surface area contributed by atoms with Crippen molar-refractivity contribution < 1.29 is 0 Å². The normalized spacial score (nSPS) is 23.1. The van der Waals surface area contributed by atoms with Crippen LogP contribution in [-0.4, -0.2) is 16.1 Å². The molecule has 1 fully saturated rings. The molecule has 0 aliphatic carbocycles. The van der Waals surface area contributed by atoms with E-state index < -0.39 is 0 Å². The molecule has 2 nitrogen and oxygen atoms in total. The van der Waals surface area contributed by atoms with Crippen LogP contribution in [0.5, 0.6) is 0 Å². The van der Waals surface area contributed by atoms with E-state index >= 15 is 0 Å². The lowest BCUT2D eigenvalue weighted by atomic mass is 10.0. The molecule has 0 amide bonds. The lowest BCUT2D eigenvalue weighted by Gasteiger charge is -2.41. The molecular weight excluding hydrogens is 184 g/mol.